The summed E-state index contributed by atoms with van der Waals surface area (Å²) in [7, 11) is 0. The zero-order chi connectivity index (χ0) is 11.3. The fraction of sp³-hybridized carbons (Fsp3) is 0.636. The average Bonchev–Trinajstić information content (AvgIpc) is 2.21. The lowest BCUT2D eigenvalue weighted by Gasteiger charge is -2.08. The molecular formula is C11H18N2O2. The SMILES string of the molecule is CCC(O)CCCn1cnc(C)cc1=O. The van der Waals surface area contributed by atoms with Gasteiger partial charge in [0.25, 0.3) is 5.56 Å². The van der Waals surface area contributed by atoms with Gasteiger partial charge in [-0.05, 0) is 26.2 Å². The number of aryl methyl sites for hydroxylation is 2. The molecule has 1 atom stereocenters. The van der Waals surface area contributed by atoms with Gasteiger partial charge in [0.05, 0.1) is 12.4 Å². The summed E-state index contributed by atoms with van der Waals surface area (Å²) in [6, 6.07) is 1.52. The maximum atomic E-state index is 11.4. The monoisotopic (exact) mass is 210 g/mol. The van der Waals surface area contributed by atoms with Crippen molar-refractivity contribution in [2.75, 3.05) is 0 Å². The van der Waals surface area contributed by atoms with Gasteiger partial charge in [-0.1, -0.05) is 6.92 Å². The van der Waals surface area contributed by atoms with Crippen molar-refractivity contribution in [2.45, 2.75) is 45.8 Å². The topological polar surface area (TPSA) is 55.1 Å². The highest BCUT2D eigenvalue weighted by Gasteiger charge is 2.01. The van der Waals surface area contributed by atoms with Crippen molar-refractivity contribution in [2.24, 2.45) is 0 Å². The average molecular weight is 210 g/mol. The van der Waals surface area contributed by atoms with Crippen LogP contribution in [0.4, 0.5) is 0 Å². The minimum absolute atomic E-state index is 0.0199. The molecule has 4 heteroatoms. The van der Waals surface area contributed by atoms with Crippen LogP contribution in [-0.4, -0.2) is 20.8 Å². The van der Waals surface area contributed by atoms with Crippen molar-refractivity contribution < 1.29 is 5.11 Å². The fourth-order valence-corrected chi connectivity index (χ4v) is 1.39. The number of rotatable bonds is 5. The molecular weight excluding hydrogens is 192 g/mol. The molecule has 4 nitrogen and oxygen atoms in total. The van der Waals surface area contributed by atoms with Gasteiger partial charge in [0.2, 0.25) is 0 Å². The van der Waals surface area contributed by atoms with Crippen LogP contribution in [0.1, 0.15) is 31.9 Å². The van der Waals surface area contributed by atoms with E-state index in [-0.39, 0.29) is 11.7 Å². The third-order valence-electron chi connectivity index (χ3n) is 2.42. The van der Waals surface area contributed by atoms with Crippen LogP contribution < -0.4 is 5.56 Å². The van der Waals surface area contributed by atoms with Crippen LogP contribution in [0.3, 0.4) is 0 Å². The summed E-state index contributed by atoms with van der Waals surface area (Å²) in [4.78, 5) is 15.5. The van der Waals surface area contributed by atoms with Gasteiger partial charge in [0.15, 0.2) is 0 Å². The van der Waals surface area contributed by atoms with E-state index in [9.17, 15) is 9.90 Å². The predicted molar refractivity (Wildman–Crippen MR) is 58.8 cm³/mol. The van der Waals surface area contributed by atoms with E-state index < -0.39 is 0 Å². The van der Waals surface area contributed by atoms with E-state index in [0.717, 1.165) is 25.0 Å². The Morgan fingerprint density at radius 1 is 1.60 bits per heavy atom. The van der Waals surface area contributed by atoms with Crippen LogP contribution in [-0.2, 0) is 6.54 Å². The largest absolute Gasteiger partial charge is 0.393 e. The Hall–Kier alpha value is -1.16. The number of aliphatic hydroxyl groups excluding tert-OH is 1. The third-order valence-corrected chi connectivity index (χ3v) is 2.42. The molecule has 0 spiro atoms. The van der Waals surface area contributed by atoms with Crippen LogP contribution in [0, 0.1) is 6.92 Å². The Morgan fingerprint density at radius 3 is 2.93 bits per heavy atom. The van der Waals surface area contributed by atoms with E-state index >= 15 is 0 Å². The standard InChI is InChI=1S/C11H18N2O2/c1-3-10(14)5-4-6-13-8-12-9(2)7-11(13)15/h7-8,10,14H,3-6H2,1-2H3. The lowest BCUT2D eigenvalue weighted by Crippen LogP contribution is -2.20. The van der Waals surface area contributed by atoms with E-state index in [0.29, 0.717) is 6.54 Å². The molecule has 0 fully saturated rings. The van der Waals surface area contributed by atoms with Gasteiger partial charge in [0, 0.05) is 18.3 Å². The molecule has 84 valence electrons. The summed E-state index contributed by atoms with van der Waals surface area (Å²) in [6.45, 7) is 4.38. The van der Waals surface area contributed by atoms with Gasteiger partial charge in [-0.3, -0.25) is 9.36 Å². The molecule has 1 N–H and O–H groups in total. The van der Waals surface area contributed by atoms with Gasteiger partial charge in [-0.2, -0.15) is 0 Å². The predicted octanol–water partition coefficient (Wildman–Crippen LogP) is 1.10. The Labute approximate surface area is 89.6 Å². The van der Waals surface area contributed by atoms with Crippen LogP contribution in [0.25, 0.3) is 0 Å². The number of nitrogens with zero attached hydrogens (tertiary/aromatic N) is 2. The minimum atomic E-state index is -0.251. The fourth-order valence-electron chi connectivity index (χ4n) is 1.39. The van der Waals surface area contributed by atoms with Gasteiger partial charge in [-0.25, -0.2) is 4.98 Å². The number of hydrogen-bond donors (Lipinski definition) is 1. The van der Waals surface area contributed by atoms with Crippen molar-refractivity contribution in [1.82, 2.24) is 9.55 Å². The smallest absolute Gasteiger partial charge is 0.253 e. The molecule has 0 amide bonds. The Balaban J connectivity index is 2.48. The van der Waals surface area contributed by atoms with Crippen LogP contribution in [0.5, 0.6) is 0 Å². The summed E-state index contributed by atoms with van der Waals surface area (Å²) in [5.41, 5.74) is 0.721. The summed E-state index contributed by atoms with van der Waals surface area (Å²) >= 11 is 0. The first-order valence-corrected chi connectivity index (χ1v) is 5.34. The molecule has 1 aromatic rings. The number of hydrogen-bond acceptors (Lipinski definition) is 3. The Kier molecular flexibility index (Phi) is 4.49. The zero-order valence-corrected chi connectivity index (χ0v) is 9.31. The molecule has 1 aromatic heterocycles. The second-order valence-corrected chi connectivity index (χ2v) is 3.77. The highest BCUT2D eigenvalue weighted by atomic mass is 16.3. The third kappa shape index (κ3) is 3.83. The van der Waals surface area contributed by atoms with Crippen molar-refractivity contribution in [3.8, 4) is 0 Å². The molecule has 1 heterocycles. The second-order valence-electron chi connectivity index (χ2n) is 3.77. The number of aliphatic hydroxyl groups is 1. The second kappa shape index (κ2) is 5.66. The summed E-state index contributed by atoms with van der Waals surface area (Å²) < 4.78 is 1.58. The molecule has 1 rings (SSSR count). The van der Waals surface area contributed by atoms with Crippen LogP contribution in [0.15, 0.2) is 17.2 Å². The van der Waals surface area contributed by atoms with Gasteiger partial charge < -0.3 is 5.11 Å². The lowest BCUT2D eigenvalue weighted by molar-refractivity contribution is 0.155. The lowest BCUT2D eigenvalue weighted by atomic mass is 10.1. The van der Waals surface area contributed by atoms with E-state index in [1.807, 2.05) is 6.92 Å². The van der Waals surface area contributed by atoms with Gasteiger partial charge in [-0.15, -0.1) is 0 Å². The van der Waals surface area contributed by atoms with E-state index in [4.69, 9.17) is 0 Å². The molecule has 0 saturated carbocycles. The van der Waals surface area contributed by atoms with Crippen molar-refractivity contribution in [1.29, 1.82) is 0 Å². The highest BCUT2D eigenvalue weighted by Crippen LogP contribution is 2.01. The molecule has 1 unspecified atom stereocenters. The first kappa shape index (κ1) is 11.9. The normalized spacial score (nSPS) is 12.7. The Bertz CT molecular complexity index is 360. The first-order chi connectivity index (χ1) is 7.13. The zero-order valence-electron chi connectivity index (χ0n) is 9.31. The van der Waals surface area contributed by atoms with Gasteiger partial charge >= 0.3 is 0 Å². The molecule has 0 saturated heterocycles. The van der Waals surface area contributed by atoms with Crippen LogP contribution in [0.2, 0.25) is 0 Å². The first-order valence-electron chi connectivity index (χ1n) is 5.34. The summed E-state index contributed by atoms with van der Waals surface area (Å²) in [5, 5.41) is 9.35. The highest BCUT2D eigenvalue weighted by molar-refractivity contribution is 4.95. The number of aromatic nitrogens is 2. The molecule has 15 heavy (non-hydrogen) atoms. The van der Waals surface area contributed by atoms with E-state index in [1.54, 1.807) is 17.8 Å². The quantitative estimate of drug-likeness (QED) is 0.791. The van der Waals surface area contributed by atoms with Crippen molar-refractivity contribution in [3.63, 3.8) is 0 Å². The maximum Gasteiger partial charge on any atom is 0.253 e. The Morgan fingerprint density at radius 2 is 2.33 bits per heavy atom. The van der Waals surface area contributed by atoms with Crippen molar-refractivity contribution in [3.05, 3.63) is 28.4 Å². The minimum Gasteiger partial charge on any atom is -0.393 e. The van der Waals surface area contributed by atoms with Crippen molar-refractivity contribution >= 4 is 0 Å². The molecule has 0 bridgehead atoms. The molecule has 0 aliphatic rings. The summed E-state index contributed by atoms with van der Waals surface area (Å²) in [5.74, 6) is 0. The molecule has 0 radical (unpaired) electrons. The van der Waals surface area contributed by atoms with E-state index in [1.165, 1.54) is 6.07 Å². The van der Waals surface area contributed by atoms with E-state index in [2.05, 4.69) is 4.98 Å². The van der Waals surface area contributed by atoms with Crippen LogP contribution >= 0.6 is 0 Å². The molecule has 0 aromatic carbocycles. The maximum absolute atomic E-state index is 11.4. The molecule has 0 aliphatic carbocycles. The van der Waals surface area contributed by atoms with Gasteiger partial charge in [0.1, 0.15) is 0 Å². The summed E-state index contributed by atoms with van der Waals surface area (Å²) in [6.07, 6.45) is 3.62. The molecule has 0 aliphatic heterocycles.